The molecule has 0 fully saturated rings. The van der Waals surface area contributed by atoms with E-state index in [2.05, 4.69) is 103 Å². The number of ether oxygens (including phenoxy) is 1. The van der Waals surface area contributed by atoms with Gasteiger partial charge in [-0.1, -0.05) is 71.8 Å². The molecule has 0 amide bonds. The van der Waals surface area contributed by atoms with Gasteiger partial charge in [0, 0.05) is 36.8 Å². The van der Waals surface area contributed by atoms with Crippen molar-refractivity contribution >= 4 is 16.9 Å². The average molecular weight is 530 g/mol. The Hall–Kier alpha value is -4.35. The minimum Gasteiger partial charge on any atom is -0.466 e. The summed E-state index contributed by atoms with van der Waals surface area (Å²) in [6.45, 7) is 7.56. The van der Waals surface area contributed by atoms with E-state index in [1.807, 2.05) is 25.4 Å². The van der Waals surface area contributed by atoms with Crippen molar-refractivity contribution in [1.29, 1.82) is 0 Å². The molecule has 0 spiro atoms. The fraction of sp³-hybridized carbons (Fsp3) is 0.229. The lowest BCUT2D eigenvalue weighted by molar-refractivity contribution is -0.142. The van der Waals surface area contributed by atoms with Crippen LogP contribution in [-0.2, 0) is 16.1 Å². The number of esters is 1. The molecule has 0 saturated heterocycles. The molecule has 0 aliphatic carbocycles. The van der Waals surface area contributed by atoms with Gasteiger partial charge in [-0.3, -0.25) is 14.8 Å². The van der Waals surface area contributed by atoms with Gasteiger partial charge in [-0.15, -0.1) is 0 Å². The van der Waals surface area contributed by atoms with Crippen molar-refractivity contribution in [1.82, 2.24) is 15.3 Å². The topological polar surface area (TPSA) is 64.1 Å². The first-order valence-corrected chi connectivity index (χ1v) is 13.9. The van der Waals surface area contributed by atoms with Gasteiger partial charge in [0.1, 0.15) is 0 Å². The number of carbonyl (C=O) groups is 1. The summed E-state index contributed by atoms with van der Waals surface area (Å²) in [7, 11) is 0. The molecule has 40 heavy (non-hydrogen) atoms. The number of hydrogen-bond donors (Lipinski definition) is 1. The van der Waals surface area contributed by atoms with Gasteiger partial charge in [-0.25, -0.2) is 0 Å². The Labute approximate surface area is 236 Å². The van der Waals surface area contributed by atoms with Crippen molar-refractivity contribution < 1.29 is 9.53 Å². The van der Waals surface area contributed by atoms with Crippen molar-refractivity contribution in [3.63, 3.8) is 0 Å². The normalized spacial score (nSPS) is 11.9. The summed E-state index contributed by atoms with van der Waals surface area (Å²) in [5.41, 5.74) is 10.2. The van der Waals surface area contributed by atoms with Crippen molar-refractivity contribution in [2.24, 2.45) is 0 Å². The standard InChI is InChI=1S/C35H35N3O2/c1-4-40-34(39)16-18-37-23-30-21-31(27-8-5-7-25(3)19-27)32-20-28(14-15-33(32)38-30)35(29-9-6-17-36-22-29)26-12-10-24(2)11-13-26/h5-15,17,19-22,35,37H,4,16,18,23H2,1-3H3. The Morgan fingerprint density at radius 3 is 2.45 bits per heavy atom. The van der Waals surface area contributed by atoms with E-state index in [9.17, 15) is 4.79 Å². The molecule has 0 radical (unpaired) electrons. The predicted octanol–water partition coefficient (Wildman–Crippen LogP) is 7.14. The molecular formula is C35H35N3O2. The van der Waals surface area contributed by atoms with Crippen LogP contribution >= 0.6 is 0 Å². The SMILES string of the molecule is CCOC(=O)CCNCc1cc(-c2cccc(C)c2)c2cc(C(c3ccc(C)cc3)c3cccnc3)ccc2n1. The van der Waals surface area contributed by atoms with E-state index in [1.165, 1.54) is 22.3 Å². The largest absolute Gasteiger partial charge is 0.466 e. The number of nitrogens with one attached hydrogen (secondary N) is 1. The van der Waals surface area contributed by atoms with Gasteiger partial charge in [0.2, 0.25) is 0 Å². The number of aromatic nitrogens is 2. The number of nitrogens with zero attached hydrogens (tertiary/aromatic N) is 2. The summed E-state index contributed by atoms with van der Waals surface area (Å²) in [5.74, 6) is -0.139. The van der Waals surface area contributed by atoms with Crippen molar-refractivity contribution in [3.8, 4) is 11.1 Å². The van der Waals surface area contributed by atoms with Crippen LogP contribution in [0.25, 0.3) is 22.0 Å². The lowest BCUT2D eigenvalue weighted by Crippen LogP contribution is -2.19. The molecule has 2 heterocycles. The maximum absolute atomic E-state index is 11.7. The van der Waals surface area contributed by atoms with Gasteiger partial charge in [0.15, 0.2) is 0 Å². The fourth-order valence-corrected chi connectivity index (χ4v) is 5.14. The van der Waals surface area contributed by atoms with Crippen LogP contribution in [0.15, 0.2) is 97.3 Å². The van der Waals surface area contributed by atoms with Gasteiger partial charge in [-0.05, 0) is 72.9 Å². The fourth-order valence-electron chi connectivity index (χ4n) is 5.14. The van der Waals surface area contributed by atoms with Gasteiger partial charge >= 0.3 is 5.97 Å². The van der Waals surface area contributed by atoms with Crippen molar-refractivity contribution in [3.05, 3.63) is 131 Å². The third-order valence-corrected chi connectivity index (χ3v) is 7.09. The quantitative estimate of drug-likeness (QED) is 0.154. The van der Waals surface area contributed by atoms with Crippen LogP contribution < -0.4 is 5.32 Å². The minimum atomic E-state index is -0.189. The molecule has 1 unspecified atom stereocenters. The minimum absolute atomic E-state index is 0.0493. The molecule has 5 rings (SSSR count). The predicted molar refractivity (Wildman–Crippen MR) is 161 cm³/mol. The zero-order valence-corrected chi connectivity index (χ0v) is 23.4. The molecular weight excluding hydrogens is 494 g/mol. The molecule has 5 nitrogen and oxygen atoms in total. The third kappa shape index (κ3) is 6.44. The van der Waals surface area contributed by atoms with E-state index in [4.69, 9.17) is 9.72 Å². The van der Waals surface area contributed by atoms with E-state index in [1.54, 1.807) is 0 Å². The molecule has 1 N–H and O–H groups in total. The number of carbonyl (C=O) groups excluding carboxylic acids is 1. The molecule has 2 aromatic heterocycles. The van der Waals surface area contributed by atoms with E-state index in [0.717, 1.165) is 33.3 Å². The highest BCUT2D eigenvalue weighted by atomic mass is 16.5. The maximum atomic E-state index is 11.7. The van der Waals surface area contributed by atoms with Crippen LogP contribution in [0, 0.1) is 13.8 Å². The van der Waals surface area contributed by atoms with E-state index in [0.29, 0.717) is 26.1 Å². The second kappa shape index (κ2) is 12.7. The smallest absolute Gasteiger partial charge is 0.307 e. The van der Waals surface area contributed by atoms with E-state index >= 15 is 0 Å². The number of pyridine rings is 2. The van der Waals surface area contributed by atoms with Gasteiger partial charge in [-0.2, -0.15) is 0 Å². The van der Waals surface area contributed by atoms with Gasteiger partial charge in [0.05, 0.1) is 24.2 Å². The Kier molecular flexibility index (Phi) is 8.62. The van der Waals surface area contributed by atoms with Crippen molar-refractivity contribution in [2.45, 2.75) is 39.7 Å². The highest BCUT2D eigenvalue weighted by Gasteiger charge is 2.19. The second-order valence-electron chi connectivity index (χ2n) is 10.2. The molecule has 5 aromatic rings. The van der Waals surface area contributed by atoms with Crippen LogP contribution in [0.1, 0.15) is 52.8 Å². The molecule has 5 heteroatoms. The Morgan fingerprint density at radius 2 is 1.70 bits per heavy atom. The molecule has 3 aromatic carbocycles. The monoisotopic (exact) mass is 529 g/mol. The lowest BCUT2D eigenvalue weighted by atomic mass is 9.84. The molecule has 1 atom stereocenters. The summed E-state index contributed by atoms with van der Waals surface area (Å²) in [6, 6.07) is 30.3. The lowest BCUT2D eigenvalue weighted by Gasteiger charge is -2.20. The first-order chi connectivity index (χ1) is 19.5. The van der Waals surface area contributed by atoms with Crippen LogP contribution in [0.2, 0.25) is 0 Å². The van der Waals surface area contributed by atoms with E-state index in [-0.39, 0.29) is 11.9 Å². The Bertz CT molecular complexity index is 1600. The maximum Gasteiger partial charge on any atom is 0.307 e. The van der Waals surface area contributed by atoms with E-state index < -0.39 is 0 Å². The van der Waals surface area contributed by atoms with Crippen LogP contribution in [0.3, 0.4) is 0 Å². The molecule has 0 saturated carbocycles. The van der Waals surface area contributed by atoms with Gasteiger partial charge < -0.3 is 10.1 Å². The highest BCUT2D eigenvalue weighted by molar-refractivity contribution is 5.95. The molecule has 0 aliphatic rings. The zero-order chi connectivity index (χ0) is 27.9. The van der Waals surface area contributed by atoms with Crippen LogP contribution in [0.5, 0.6) is 0 Å². The number of fused-ring (bicyclic) bond motifs is 1. The van der Waals surface area contributed by atoms with Crippen molar-refractivity contribution in [2.75, 3.05) is 13.2 Å². The molecule has 202 valence electrons. The van der Waals surface area contributed by atoms with Crippen LogP contribution in [0.4, 0.5) is 0 Å². The summed E-state index contributed by atoms with van der Waals surface area (Å²) >= 11 is 0. The summed E-state index contributed by atoms with van der Waals surface area (Å²) in [4.78, 5) is 21.2. The highest BCUT2D eigenvalue weighted by Crippen LogP contribution is 2.36. The summed E-state index contributed by atoms with van der Waals surface area (Å²) in [6.07, 6.45) is 4.11. The summed E-state index contributed by atoms with van der Waals surface area (Å²) in [5, 5.41) is 4.46. The number of hydrogen-bond acceptors (Lipinski definition) is 5. The Morgan fingerprint density at radius 1 is 0.875 bits per heavy atom. The molecule has 0 aliphatic heterocycles. The number of benzene rings is 3. The summed E-state index contributed by atoms with van der Waals surface area (Å²) < 4.78 is 5.04. The first-order valence-electron chi connectivity index (χ1n) is 13.9. The van der Waals surface area contributed by atoms with Crippen LogP contribution in [-0.4, -0.2) is 29.1 Å². The second-order valence-corrected chi connectivity index (χ2v) is 10.2. The number of rotatable bonds is 10. The van der Waals surface area contributed by atoms with Gasteiger partial charge in [0.25, 0.3) is 0 Å². The Balaban J connectivity index is 1.57. The molecule has 0 bridgehead atoms. The number of aryl methyl sites for hydroxylation is 2. The average Bonchev–Trinajstić information content (AvgIpc) is 2.97. The first kappa shape index (κ1) is 27.2. The zero-order valence-electron chi connectivity index (χ0n) is 23.4. The third-order valence-electron chi connectivity index (χ3n) is 7.09.